The molecule has 9 nitrogen and oxygen atoms in total. The highest BCUT2D eigenvalue weighted by Gasteiger charge is 2.28. The van der Waals surface area contributed by atoms with E-state index in [0.717, 1.165) is 0 Å². The number of hydrogen-bond donors (Lipinski definition) is 3. The zero-order valence-corrected chi connectivity index (χ0v) is 14.8. The minimum absolute atomic E-state index is 0.134. The third kappa shape index (κ3) is 7.21. The summed E-state index contributed by atoms with van der Waals surface area (Å²) in [5, 5.41) is 6.39. The molecule has 24 heavy (non-hydrogen) atoms. The molecule has 0 saturated carbocycles. The summed E-state index contributed by atoms with van der Waals surface area (Å²) >= 11 is 0. The highest BCUT2D eigenvalue weighted by Crippen LogP contribution is 2.12. The van der Waals surface area contributed by atoms with E-state index in [9.17, 15) is 24.0 Å². The normalized spacial score (nSPS) is 13.2. The second-order valence-electron chi connectivity index (χ2n) is 6.21. The Bertz CT molecular complexity index is 524. The smallest absolute Gasteiger partial charge is 0.328 e. The van der Waals surface area contributed by atoms with E-state index in [1.54, 1.807) is 27.7 Å². The van der Waals surface area contributed by atoms with Crippen molar-refractivity contribution in [3.05, 3.63) is 0 Å². The lowest BCUT2D eigenvalue weighted by Crippen LogP contribution is -2.53. The van der Waals surface area contributed by atoms with E-state index in [4.69, 9.17) is 0 Å². The first-order valence-electron chi connectivity index (χ1n) is 7.53. The lowest BCUT2D eigenvalue weighted by molar-refractivity contribution is -0.148. The second kappa shape index (κ2) is 8.99. The van der Waals surface area contributed by atoms with Gasteiger partial charge in [-0.2, -0.15) is 0 Å². The van der Waals surface area contributed by atoms with Gasteiger partial charge in [0.1, 0.15) is 12.1 Å². The predicted octanol–water partition coefficient (Wildman–Crippen LogP) is -0.752. The number of rotatable bonds is 5. The third-order valence-corrected chi connectivity index (χ3v) is 2.85. The van der Waals surface area contributed by atoms with Gasteiger partial charge >= 0.3 is 17.8 Å². The standard InChI is InChI=1S/C15H25N3O6/c1-7-24-13(22)9(3)16-11(20)12(21)18-10(19)8(2)17-14(23)15(4,5)6/h8-9H,7H2,1-6H3,(H,16,20)(H,17,23)(H,18,19,21)/t8-,9-/m0/s1. The molecule has 136 valence electrons. The molecule has 4 amide bonds. The Balaban J connectivity index is 4.54. The summed E-state index contributed by atoms with van der Waals surface area (Å²) in [5.41, 5.74) is -0.703. The molecule has 0 unspecified atom stereocenters. The maximum Gasteiger partial charge on any atom is 0.328 e. The molecular weight excluding hydrogens is 318 g/mol. The molecule has 0 rings (SSSR count). The Morgan fingerprint density at radius 3 is 1.92 bits per heavy atom. The summed E-state index contributed by atoms with van der Waals surface area (Å²) in [6.07, 6.45) is 0. The highest BCUT2D eigenvalue weighted by molar-refractivity contribution is 6.38. The monoisotopic (exact) mass is 343 g/mol. The van der Waals surface area contributed by atoms with E-state index in [1.807, 2.05) is 5.32 Å². The molecule has 0 heterocycles. The predicted molar refractivity (Wildman–Crippen MR) is 84.4 cm³/mol. The van der Waals surface area contributed by atoms with E-state index in [0.29, 0.717) is 0 Å². The highest BCUT2D eigenvalue weighted by atomic mass is 16.5. The van der Waals surface area contributed by atoms with E-state index in [-0.39, 0.29) is 12.5 Å². The fourth-order valence-electron chi connectivity index (χ4n) is 1.34. The van der Waals surface area contributed by atoms with Crippen molar-refractivity contribution < 1.29 is 28.7 Å². The zero-order chi connectivity index (χ0) is 19.1. The van der Waals surface area contributed by atoms with Crippen LogP contribution < -0.4 is 16.0 Å². The van der Waals surface area contributed by atoms with Crippen molar-refractivity contribution in [2.45, 2.75) is 53.6 Å². The zero-order valence-electron chi connectivity index (χ0n) is 14.8. The Kier molecular flexibility index (Phi) is 8.08. The topological polar surface area (TPSA) is 131 Å². The number of hydrogen-bond acceptors (Lipinski definition) is 6. The van der Waals surface area contributed by atoms with Crippen LogP contribution in [0.3, 0.4) is 0 Å². The van der Waals surface area contributed by atoms with Crippen LogP contribution in [0, 0.1) is 5.41 Å². The van der Waals surface area contributed by atoms with Crippen molar-refractivity contribution in [2.24, 2.45) is 5.41 Å². The summed E-state index contributed by atoms with van der Waals surface area (Å²) < 4.78 is 4.68. The van der Waals surface area contributed by atoms with Crippen molar-refractivity contribution in [2.75, 3.05) is 6.61 Å². The summed E-state index contributed by atoms with van der Waals surface area (Å²) in [6.45, 7) is 9.47. The maximum absolute atomic E-state index is 11.8. The molecule has 0 saturated heterocycles. The van der Waals surface area contributed by atoms with Crippen LogP contribution in [0.15, 0.2) is 0 Å². The number of imide groups is 1. The van der Waals surface area contributed by atoms with Crippen LogP contribution in [0.25, 0.3) is 0 Å². The van der Waals surface area contributed by atoms with Crippen LogP contribution in [0.5, 0.6) is 0 Å². The van der Waals surface area contributed by atoms with E-state index < -0.39 is 41.2 Å². The van der Waals surface area contributed by atoms with Gasteiger partial charge in [0.2, 0.25) is 11.8 Å². The van der Waals surface area contributed by atoms with Crippen LogP contribution in [-0.2, 0) is 28.7 Å². The molecule has 0 aliphatic carbocycles. The number of esters is 1. The Morgan fingerprint density at radius 1 is 0.917 bits per heavy atom. The van der Waals surface area contributed by atoms with Crippen molar-refractivity contribution in [3.8, 4) is 0 Å². The first kappa shape index (κ1) is 21.6. The fraction of sp³-hybridized carbons (Fsp3) is 0.667. The maximum atomic E-state index is 11.8. The lowest BCUT2D eigenvalue weighted by Gasteiger charge is -2.21. The van der Waals surface area contributed by atoms with Gasteiger partial charge in [0.25, 0.3) is 0 Å². The minimum Gasteiger partial charge on any atom is -0.464 e. The van der Waals surface area contributed by atoms with Gasteiger partial charge in [-0.1, -0.05) is 20.8 Å². The van der Waals surface area contributed by atoms with Gasteiger partial charge < -0.3 is 15.4 Å². The number of carbonyl (C=O) groups is 5. The Hall–Kier alpha value is -2.45. The van der Waals surface area contributed by atoms with Gasteiger partial charge in [0.05, 0.1) is 6.61 Å². The number of ether oxygens (including phenoxy) is 1. The number of carbonyl (C=O) groups excluding carboxylic acids is 5. The molecule has 0 aromatic rings. The van der Waals surface area contributed by atoms with E-state index in [1.165, 1.54) is 13.8 Å². The molecule has 9 heteroatoms. The molecule has 0 aliphatic rings. The second-order valence-corrected chi connectivity index (χ2v) is 6.21. The first-order chi connectivity index (χ1) is 10.9. The van der Waals surface area contributed by atoms with Crippen LogP contribution in [-0.4, -0.2) is 48.3 Å². The van der Waals surface area contributed by atoms with Gasteiger partial charge in [-0.25, -0.2) is 4.79 Å². The van der Waals surface area contributed by atoms with Gasteiger partial charge in [-0.3, -0.25) is 24.5 Å². The largest absolute Gasteiger partial charge is 0.464 e. The van der Waals surface area contributed by atoms with Crippen molar-refractivity contribution in [1.29, 1.82) is 0 Å². The Labute approximate surface area is 140 Å². The summed E-state index contributed by atoms with van der Waals surface area (Å²) in [4.78, 5) is 58.2. The van der Waals surface area contributed by atoms with Gasteiger partial charge in [0, 0.05) is 5.41 Å². The van der Waals surface area contributed by atoms with Crippen molar-refractivity contribution in [3.63, 3.8) is 0 Å². The quantitative estimate of drug-likeness (QED) is 0.445. The summed E-state index contributed by atoms with van der Waals surface area (Å²) in [7, 11) is 0. The van der Waals surface area contributed by atoms with Gasteiger partial charge in [-0.05, 0) is 20.8 Å². The van der Waals surface area contributed by atoms with Gasteiger partial charge in [-0.15, -0.1) is 0 Å². The molecule has 2 atom stereocenters. The molecule has 0 bridgehead atoms. The van der Waals surface area contributed by atoms with E-state index in [2.05, 4.69) is 15.4 Å². The lowest BCUT2D eigenvalue weighted by atomic mass is 9.95. The number of nitrogens with one attached hydrogen (secondary N) is 3. The Morgan fingerprint density at radius 2 is 1.46 bits per heavy atom. The van der Waals surface area contributed by atoms with Crippen LogP contribution in [0.4, 0.5) is 0 Å². The molecule has 0 aromatic carbocycles. The molecule has 0 fully saturated rings. The summed E-state index contributed by atoms with van der Waals surface area (Å²) in [5.74, 6) is -4.29. The molecule has 3 N–H and O–H groups in total. The summed E-state index contributed by atoms with van der Waals surface area (Å²) in [6, 6.07) is -2.03. The van der Waals surface area contributed by atoms with Crippen LogP contribution >= 0.6 is 0 Å². The SMILES string of the molecule is CCOC(=O)[C@H](C)NC(=O)C(=O)NC(=O)[C@H](C)NC(=O)C(C)(C)C. The third-order valence-electron chi connectivity index (χ3n) is 2.85. The van der Waals surface area contributed by atoms with Crippen LogP contribution in [0.1, 0.15) is 41.5 Å². The van der Waals surface area contributed by atoms with Gasteiger partial charge in [0.15, 0.2) is 0 Å². The average Bonchev–Trinajstić information content (AvgIpc) is 2.45. The molecule has 0 aliphatic heterocycles. The molecule has 0 aromatic heterocycles. The van der Waals surface area contributed by atoms with E-state index >= 15 is 0 Å². The number of amides is 4. The van der Waals surface area contributed by atoms with Crippen molar-refractivity contribution >= 4 is 29.6 Å². The first-order valence-corrected chi connectivity index (χ1v) is 7.53. The molecular formula is C15H25N3O6. The average molecular weight is 343 g/mol. The molecule has 0 spiro atoms. The minimum atomic E-state index is -1.23. The van der Waals surface area contributed by atoms with Crippen molar-refractivity contribution in [1.82, 2.24) is 16.0 Å². The fourth-order valence-corrected chi connectivity index (χ4v) is 1.34. The molecule has 0 radical (unpaired) electrons. The van der Waals surface area contributed by atoms with Crippen LogP contribution in [0.2, 0.25) is 0 Å².